The molecule has 0 amide bonds. The number of aliphatic hydroxyl groups is 1. The number of para-hydroxylation sites is 1. The average molecular weight is 264 g/mol. The topological polar surface area (TPSA) is 38.7 Å². The Balaban J connectivity index is 2.32. The van der Waals surface area contributed by atoms with Crippen molar-refractivity contribution in [3.05, 3.63) is 29.8 Å². The lowest BCUT2D eigenvalue weighted by Crippen LogP contribution is -2.42. The van der Waals surface area contributed by atoms with Crippen LogP contribution >= 0.6 is 0 Å². The predicted octanol–water partition coefficient (Wildman–Crippen LogP) is 3.32. The first kappa shape index (κ1) is 14.4. The van der Waals surface area contributed by atoms with Crippen LogP contribution in [0, 0.1) is 5.92 Å². The largest absolute Gasteiger partial charge is 0.496 e. The molecule has 1 N–H and O–H groups in total. The summed E-state index contributed by atoms with van der Waals surface area (Å²) >= 11 is 0. The molecule has 1 aliphatic rings. The summed E-state index contributed by atoms with van der Waals surface area (Å²) in [5, 5.41) is 10.8. The van der Waals surface area contributed by atoms with E-state index in [9.17, 15) is 5.11 Å². The van der Waals surface area contributed by atoms with Gasteiger partial charge in [0, 0.05) is 12.7 Å². The molecule has 1 aromatic rings. The maximum absolute atomic E-state index is 10.8. The molecule has 3 unspecified atom stereocenters. The average Bonchev–Trinajstić information content (AvgIpc) is 2.46. The Kier molecular flexibility index (Phi) is 4.48. The Morgan fingerprint density at radius 2 is 2.05 bits per heavy atom. The fraction of sp³-hybridized carbons (Fsp3) is 0.625. The van der Waals surface area contributed by atoms with E-state index in [0.29, 0.717) is 5.92 Å². The molecule has 0 saturated heterocycles. The van der Waals surface area contributed by atoms with Gasteiger partial charge in [-0.2, -0.15) is 0 Å². The van der Waals surface area contributed by atoms with E-state index >= 15 is 0 Å². The molecule has 1 fully saturated rings. The molecule has 2 rings (SSSR count). The van der Waals surface area contributed by atoms with E-state index in [0.717, 1.165) is 30.6 Å². The molecule has 0 spiro atoms. The lowest BCUT2D eigenvalue weighted by Gasteiger charge is -2.42. The summed E-state index contributed by atoms with van der Waals surface area (Å²) in [6.07, 6.45) is 3.46. The molecule has 19 heavy (non-hydrogen) atoms. The van der Waals surface area contributed by atoms with Gasteiger partial charge in [0.25, 0.3) is 0 Å². The number of benzene rings is 1. The first-order valence-corrected chi connectivity index (χ1v) is 6.99. The Bertz CT molecular complexity index is 418. The van der Waals surface area contributed by atoms with Crippen LogP contribution in [0.4, 0.5) is 0 Å². The van der Waals surface area contributed by atoms with Gasteiger partial charge in [-0.25, -0.2) is 0 Å². The summed E-state index contributed by atoms with van der Waals surface area (Å²) in [5.41, 5.74) is 0.340. The number of ether oxygens (including phenoxy) is 2. The quantitative estimate of drug-likeness (QED) is 0.906. The van der Waals surface area contributed by atoms with Gasteiger partial charge < -0.3 is 14.6 Å². The maximum Gasteiger partial charge on any atom is 0.124 e. The van der Waals surface area contributed by atoms with Gasteiger partial charge in [0.15, 0.2) is 0 Å². The van der Waals surface area contributed by atoms with Crippen LogP contribution in [0.25, 0.3) is 0 Å². The van der Waals surface area contributed by atoms with Crippen LogP contribution in [0.3, 0.4) is 0 Å². The zero-order valence-corrected chi connectivity index (χ0v) is 12.1. The van der Waals surface area contributed by atoms with E-state index in [2.05, 4.69) is 6.92 Å². The van der Waals surface area contributed by atoms with Gasteiger partial charge in [-0.05, 0) is 24.8 Å². The Labute approximate surface area is 115 Å². The van der Waals surface area contributed by atoms with Gasteiger partial charge in [-0.3, -0.25) is 0 Å². The number of methoxy groups -OCH3 is 2. The molecule has 1 aliphatic carbocycles. The van der Waals surface area contributed by atoms with E-state index in [4.69, 9.17) is 9.47 Å². The predicted molar refractivity (Wildman–Crippen MR) is 75.3 cm³/mol. The van der Waals surface area contributed by atoms with Crippen LogP contribution < -0.4 is 4.74 Å². The lowest BCUT2D eigenvalue weighted by molar-refractivity contribution is -0.134. The molecule has 3 atom stereocenters. The number of hydrogen-bond donors (Lipinski definition) is 1. The highest BCUT2D eigenvalue weighted by Gasteiger charge is 2.43. The summed E-state index contributed by atoms with van der Waals surface area (Å²) in [6, 6.07) is 7.65. The summed E-state index contributed by atoms with van der Waals surface area (Å²) in [5.74, 6) is 1.31. The van der Waals surface area contributed by atoms with Crippen molar-refractivity contribution >= 4 is 0 Å². The second kappa shape index (κ2) is 5.93. The highest BCUT2D eigenvalue weighted by atomic mass is 16.5. The Morgan fingerprint density at radius 3 is 2.68 bits per heavy atom. The standard InChI is InChI=1S/C16H24O3/c1-12-7-6-10-16(11-12,19-3)15(17)13-8-4-5-9-14(13)18-2/h4-5,8-9,12,15,17H,6-7,10-11H2,1-3H3. The van der Waals surface area contributed by atoms with Crippen LogP contribution in [0.2, 0.25) is 0 Å². The van der Waals surface area contributed by atoms with Crippen LogP contribution in [-0.4, -0.2) is 24.9 Å². The fourth-order valence-electron chi connectivity index (χ4n) is 3.26. The molecule has 0 aromatic heterocycles. The van der Waals surface area contributed by atoms with Crippen LogP contribution in [0.1, 0.15) is 44.3 Å². The number of rotatable bonds is 4. The van der Waals surface area contributed by atoms with Gasteiger partial charge >= 0.3 is 0 Å². The second-order valence-corrected chi connectivity index (χ2v) is 5.61. The van der Waals surface area contributed by atoms with Gasteiger partial charge in [-0.1, -0.05) is 38.0 Å². The molecule has 3 heteroatoms. The van der Waals surface area contributed by atoms with Crippen molar-refractivity contribution in [3.8, 4) is 5.75 Å². The third-order valence-corrected chi connectivity index (χ3v) is 4.33. The van der Waals surface area contributed by atoms with E-state index in [1.807, 2.05) is 24.3 Å². The molecule has 3 nitrogen and oxygen atoms in total. The first-order valence-electron chi connectivity index (χ1n) is 6.99. The number of hydrogen-bond acceptors (Lipinski definition) is 3. The van der Waals surface area contributed by atoms with Crippen molar-refractivity contribution in [1.29, 1.82) is 0 Å². The first-order chi connectivity index (χ1) is 9.13. The highest BCUT2D eigenvalue weighted by molar-refractivity contribution is 5.36. The summed E-state index contributed by atoms with van der Waals surface area (Å²) in [6.45, 7) is 2.22. The third-order valence-electron chi connectivity index (χ3n) is 4.33. The Morgan fingerprint density at radius 1 is 1.32 bits per heavy atom. The number of aliphatic hydroxyl groups excluding tert-OH is 1. The van der Waals surface area contributed by atoms with Gasteiger partial charge in [-0.15, -0.1) is 0 Å². The van der Waals surface area contributed by atoms with E-state index < -0.39 is 11.7 Å². The van der Waals surface area contributed by atoms with E-state index in [1.54, 1.807) is 14.2 Å². The van der Waals surface area contributed by atoms with E-state index in [1.165, 1.54) is 6.42 Å². The molecular formula is C16H24O3. The normalized spacial score (nSPS) is 28.9. The second-order valence-electron chi connectivity index (χ2n) is 5.61. The van der Waals surface area contributed by atoms with Gasteiger partial charge in [0.1, 0.15) is 11.9 Å². The molecule has 0 aliphatic heterocycles. The summed E-state index contributed by atoms with van der Waals surface area (Å²) in [4.78, 5) is 0. The summed E-state index contributed by atoms with van der Waals surface area (Å²) < 4.78 is 11.1. The van der Waals surface area contributed by atoms with Crippen LogP contribution in [0.5, 0.6) is 5.75 Å². The molecule has 106 valence electrons. The molecule has 1 aromatic carbocycles. The van der Waals surface area contributed by atoms with Crippen molar-refractivity contribution in [2.45, 2.75) is 44.3 Å². The van der Waals surface area contributed by atoms with Gasteiger partial charge in [0.05, 0.1) is 12.7 Å². The van der Waals surface area contributed by atoms with Crippen molar-refractivity contribution in [2.75, 3.05) is 14.2 Å². The van der Waals surface area contributed by atoms with Crippen molar-refractivity contribution in [2.24, 2.45) is 5.92 Å². The fourth-order valence-corrected chi connectivity index (χ4v) is 3.26. The van der Waals surface area contributed by atoms with Gasteiger partial charge in [0.2, 0.25) is 0 Å². The highest BCUT2D eigenvalue weighted by Crippen LogP contribution is 2.45. The van der Waals surface area contributed by atoms with E-state index in [-0.39, 0.29) is 0 Å². The smallest absolute Gasteiger partial charge is 0.124 e. The minimum absolute atomic E-state index is 0.480. The zero-order chi connectivity index (χ0) is 13.9. The lowest BCUT2D eigenvalue weighted by atomic mass is 9.74. The Hall–Kier alpha value is -1.06. The van der Waals surface area contributed by atoms with Crippen molar-refractivity contribution < 1.29 is 14.6 Å². The monoisotopic (exact) mass is 264 g/mol. The minimum Gasteiger partial charge on any atom is -0.496 e. The molecule has 0 heterocycles. The zero-order valence-electron chi connectivity index (χ0n) is 12.1. The minimum atomic E-state index is -0.642. The third kappa shape index (κ3) is 2.77. The molecular weight excluding hydrogens is 240 g/mol. The van der Waals surface area contributed by atoms with Crippen LogP contribution in [-0.2, 0) is 4.74 Å². The molecule has 0 radical (unpaired) electrons. The SMILES string of the molecule is COc1ccccc1C(O)C1(OC)CCCC(C)C1. The van der Waals surface area contributed by atoms with Crippen molar-refractivity contribution in [1.82, 2.24) is 0 Å². The van der Waals surface area contributed by atoms with Crippen molar-refractivity contribution in [3.63, 3.8) is 0 Å². The maximum atomic E-state index is 10.8. The van der Waals surface area contributed by atoms with Crippen LogP contribution in [0.15, 0.2) is 24.3 Å². The molecule has 0 bridgehead atoms. The molecule has 1 saturated carbocycles. The summed E-state index contributed by atoms with van der Waals surface area (Å²) in [7, 11) is 3.34.